The van der Waals surface area contributed by atoms with E-state index in [1.54, 1.807) is 4.90 Å². The lowest BCUT2D eigenvalue weighted by Gasteiger charge is -2.35. The number of anilines is 1. The van der Waals surface area contributed by atoms with Gasteiger partial charge in [-0.25, -0.2) is 9.97 Å². The minimum absolute atomic E-state index is 0.218. The Morgan fingerprint density at radius 3 is 2.24 bits per heavy atom. The van der Waals surface area contributed by atoms with Gasteiger partial charge in [0.25, 0.3) is 5.91 Å². The summed E-state index contributed by atoms with van der Waals surface area (Å²) in [6.45, 7) is 8.26. The molecule has 3 rings (SSSR count). The Morgan fingerprint density at radius 1 is 1.07 bits per heavy atom. The predicted molar refractivity (Wildman–Crippen MR) is 102 cm³/mol. The lowest BCUT2D eigenvalue weighted by atomic mass is 10.1. The molecule has 1 amide bonds. The van der Waals surface area contributed by atoms with E-state index in [9.17, 15) is 18.0 Å². The van der Waals surface area contributed by atoms with Crippen LogP contribution in [0.4, 0.5) is 19.0 Å². The highest BCUT2D eigenvalue weighted by Gasteiger charge is 2.31. The molecule has 1 aromatic carbocycles. The molecule has 1 aliphatic heterocycles. The van der Waals surface area contributed by atoms with Crippen LogP contribution >= 0.6 is 0 Å². The van der Waals surface area contributed by atoms with E-state index in [0.717, 1.165) is 29.5 Å². The first-order valence-electron chi connectivity index (χ1n) is 9.38. The largest absolute Gasteiger partial charge is 0.573 e. The molecule has 1 aliphatic rings. The summed E-state index contributed by atoms with van der Waals surface area (Å²) in [6, 6.07) is 6.92. The zero-order valence-corrected chi connectivity index (χ0v) is 16.5. The number of hydrogen-bond acceptors (Lipinski definition) is 5. The van der Waals surface area contributed by atoms with E-state index < -0.39 is 6.36 Å². The fraction of sp³-hybridized carbons (Fsp3) is 0.450. The van der Waals surface area contributed by atoms with Gasteiger partial charge in [-0.05, 0) is 31.2 Å². The zero-order valence-electron chi connectivity index (χ0n) is 16.5. The number of aryl methyl sites for hydroxylation is 1. The summed E-state index contributed by atoms with van der Waals surface area (Å²) >= 11 is 0. The van der Waals surface area contributed by atoms with Gasteiger partial charge in [0.15, 0.2) is 0 Å². The second-order valence-corrected chi connectivity index (χ2v) is 7.23. The van der Waals surface area contributed by atoms with E-state index >= 15 is 0 Å². The average molecular weight is 408 g/mol. The van der Waals surface area contributed by atoms with Crippen molar-refractivity contribution < 1.29 is 22.7 Å². The zero-order chi connectivity index (χ0) is 21.2. The van der Waals surface area contributed by atoms with Gasteiger partial charge in [-0.15, -0.1) is 13.2 Å². The van der Waals surface area contributed by atoms with E-state index in [4.69, 9.17) is 0 Å². The van der Waals surface area contributed by atoms with Crippen LogP contribution in [0.25, 0.3) is 0 Å². The van der Waals surface area contributed by atoms with Gasteiger partial charge >= 0.3 is 6.36 Å². The quantitative estimate of drug-likeness (QED) is 0.771. The van der Waals surface area contributed by atoms with Crippen molar-refractivity contribution in [2.45, 2.75) is 33.1 Å². The molecule has 0 N–H and O–H groups in total. The molecule has 0 aliphatic carbocycles. The summed E-state index contributed by atoms with van der Waals surface area (Å²) in [5.74, 6) is 1.30. The van der Waals surface area contributed by atoms with Crippen LogP contribution in [0.5, 0.6) is 5.75 Å². The van der Waals surface area contributed by atoms with E-state index in [1.165, 1.54) is 12.1 Å². The molecule has 1 aromatic heterocycles. The van der Waals surface area contributed by atoms with Gasteiger partial charge in [-0.2, -0.15) is 0 Å². The number of carbonyl (C=O) groups excluding carboxylic acids is 1. The van der Waals surface area contributed by atoms with Crippen molar-refractivity contribution in [1.82, 2.24) is 14.9 Å². The minimum Gasteiger partial charge on any atom is -0.406 e. The Balaban J connectivity index is 1.62. The summed E-state index contributed by atoms with van der Waals surface area (Å²) in [6.07, 6.45) is -4.75. The van der Waals surface area contributed by atoms with Gasteiger partial charge in [-0.3, -0.25) is 4.79 Å². The number of halogens is 3. The fourth-order valence-corrected chi connectivity index (χ4v) is 3.12. The summed E-state index contributed by atoms with van der Waals surface area (Å²) in [5.41, 5.74) is 1.23. The third kappa shape index (κ3) is 5.36. The van der Waals surface area contributed by atoms with E-state index in [1.807, 2.05) is 26.8 Å². The van der Waals surface area contributed by atoms with Crippen LogP contribution in [0.3, 0.4) is 0 Å². The average Bonchev–Trinajstić information content (AvgIpc) is 2.66. The number of benzene rings is 1. The van der Waals surface area contributed by atoms with E-state index in [0.29, 0.717) is 31.7 Å². The number of hydrogen-bond donors (Lipinski definition) is 0. The first kappa shape index (κ1) is 20.9. The molecule has 156 valence electrons. The Morgan fingerprint density at radius 2 is 1.69 bits per heavy atom. The van der Waals surface area contributed by atoms with Crippen LogP contribution in [-0.4, -0.2) is 53.3 Å². The monoisotopic (exact) mass is 408 g/mol. The standard InChI is InChI=1S/C20H23F3N4O2/c1-13(2)18-24-14(3)12-17(25-18)26-8-10-27(11-9-26)19(28)15-4-6-16(7-5-15)29-20(21,22)23/h4-7,12-13H,8-11H2,1-3H3. The Kier molecular flexibility index (Phi) is 5.95. The smallest absolute Gasteiger partial charge is 0.406 e. The second-order valence-electron chi connectivity index (χ2n) is 7.23. The van der Waals surface area contributed by atoms with Crippen molar-refractivity contribution in [3.63, 3.8) is 0 Å². The molecule has 9 heteroatoms. The maximum atomic E-state index is 12.7. The number of carbonyl (C=O) groups is 1. The first-order valence-corrected chi connectivity index (χ1v) is 9.38. The van der Waals surface area contributed by atoms with Crippen LogP contribution in [0, 0.1) is 6.92 Å². The van der Waals surface area contributed by atoms with Gasteiger partial charge < -0.3 is 14.5 Å². The third-order valence-electron chi connectivity index (χ3n) is 4.60. The lowest BCUT2D eigenvalue weighted by Crippen LogP contribution is -2.49. The summed E-state index contributed by atoms with van der Waals surface area (Å²) in [7, 11) is 0. The molecule has 0 radical (unpaired) electrons. The molecule has 1 fully saturated rings. The molecule has 0 unspecified atom stereocenters. The molecule has 0 spiro atoms. The summed E-state index contributed by atoms with van der Waals surface area (Å²) < 4.78 is 40.6. The summed E-state index contributed by atoms with van der Waals surface area (Å²) in [5, 5.41) is 0. The lowest BCUT2D eigenvalue weighted by molar-refractivity contribution is -0.274. The highest BCUT2D eigenvalue weighted by molar-refractivity contribution is 5.94. The highest BCUT2D eigenvalue weighted by atomic mass is 19.4. The molecule has 2 heterocycles. The third-order valence-corrected chi connectivity index (χ3v) is 4.60. The van der Waals surface area contributed by atoms with Crippen molar-refractivity contribution >= 4 is 11.7 Å². The van der Waals surface area contributed by atoms with Gasteiger partial charge in [0.1, 0.15) is 17.4 Å². The van der Waals surface area contributed by atoms with Crippen LogP contribution in [-0.2, 0) is 0 Å². The second kappa shape index (κ2) is 8.26. The number of amides is 1. The number of aromatic nitrogens is 2. The van der Waals surface area contributed by atoms with Crippen molar-refractivity contribution in [2.75, 3.05) is 31.1 Å². The van der Waals surface area contributed by atoms with Crippen LogP contribution in [0.2, 0.25) is 0 Å². The van der Waals surface area contributed by atoms with Crippen molar-refractivity contribution in [2.24, 2.45) is 0 Å². The normalized spacial score (nSPS) is 15.0. The maximum absolute atomic E-state index is 12.7. The number of rotatable bonds is 4. The Hall–Kier alpha value is -2.84. The Bertz CT molecular complexity index is 861. The van der Waals surface area contributed by atoms with E-state index in [2.05, 4.69) is 19.6 Å². The number of nitrogens with zero attached hydrogens (tertiary/aromatic N) is 4. The van der Waals surface area contributed by atoms with Crippen LogP contribution in [0.1, 0.15) is 41.6 Å². The topological polar surface area (TPSA) is 58.6 Å². The van der Waals surface area contributed by atoms with Crippen molar-refractivity contribution in [3.8, 4) is 5.75 Å². The molecule has 0 bridgehead atoms. The van der Waals surface area contributed by atoms with Crippen LogP contribution in [0.15, 0.2) is 30.3 Å². The number of piperazine rings is 1. The SMILES string of the molecule is Cc1cc(N2CCN(C(=O)c3ccc(OC(F)(F)F)cc3)CC2)nc(C(C)C)n1. The van der Waals surface area contributed by atoms with Gasteiger partial charge in [0.2, 0.25) is 0 Å². The molecule has 6 nitrogen and oxygen atoms in total. The molecule has 0 atom stereocenters. The van der Waals surface area contributed by atoms with Gasteiger partial charge in [0.05, 0.1) is 0 Å². The minimum atomic E-state index is -4.75. The van der Waals surface area contributed by atoms with Crippen LogP contribution < -0.4 is 9.64 Å². The molecular formula is C20H23F3N4O2. The van der Waals surface area contributed by atoms with E-state index in [-0.39, 0.29) is 17.6 Å². The number of ether oxygens (including phenoxy) is 1. The molecule has 1 saturated heterocycles. The number of alkyl halides is 3. The van der Waals surface area contributed by atoms with Gasteiger partial charge in [-0.1, -0.05) is 13.8 Å². The molecule has 2 aromatic rings. The maximum Gasteiger partial charge on any atom is 0.573 e. The van der Waals surface area contributed by atoms with Gasteiger partial charge in [0, 0.05) is 49.4 Å². The summed E-state index contributed by atoms with van der Waals surface area (Å²) in [4.78, 5) is 25.5. The first-order chi connectivity index (χ1) is 13.6. The molecular weight excluding hydrogens is 385 g/mol. The highest BCUT2D eigenvalue weighted by Crippen LogP contribution is 2.24. The fourth-order valence-electron chi connectivity index (χ4n) is 3.12. The Labute approximate surface area is 167 Å². The molecule has 0 saturated carbocycles. The van der Waals surface area contributed by atoms with Crippen molar-refractivity contribution in [1.29, 1.82) is 0 Å². The molecule has 29 heavy (non-hydrogen) atoms. The van der Waals surface area contributed by atoms with Crippen molar-refractivity contribution in [3.05, 3.63) is 47.4 Å². The predicted octanol–water partition coefficient (Wildman–Crippen LogP) is 3.77.